The number of quaternary nitrogens is 1. The summed E-state index contributed by atoms with van der Waals surface area (Å²) in [6.07, 6.45) is 3.12. The van der Waals surface area contributed by atoms with Crippen molar-refractivity contribution in [3.05, 3.63) is 42.7 Å². The number of hydrogen-bond acceptors (Lipinski definition) is 4. The average Bonchev–Trinajstić information content (AvgIpc) is 2.30. The normalized spacial score (nSPS) is 11.3. The van der Waals surface area contributed by atoms with Crippen LogP contribution in [-0.2, 0) is 10.0 Å². The van der Waals surface area contributed by atoms with Crippen molar-refractivity contribution in [1.29, 1.82) is 0 Å². The monoisotopic (exact) mass is 252 g/mol. The molecule has 17 heavy (non-hydrogen) atoms. The summed E-state index contributed by atoms with van der Waals surface area (Å²) in [6.45, 7) is 0. The van der Waals surface area contributed by atoms with E-state index in [-0.39, 0.29) is 10.8 Å². The van der Waals surface area contributed by atoms with E-state index in [4.69, 9.17) is 5.73 Å². The van der Waals surface area contributed by atoms with Gasteiger partial charge in [0.1, 0.15) is 11.1 Å². The zero-order valence-corrected chi connectivity index (χ0v) is 9.68. The molecular formula is C10H12N4O2S+2. The molecule has 0 spiro atoms. The van der Waals surface area contributed by atoms with E-state index in [1.807, 2.05) is 0 Å². The van der Waals surface area contributed by atoms with E-state index in [1.54, 1.807) is 24.4 Å². The number of nitrogens with zero attached hydrogens (tertiary/aromatic N) is 1. The molecule has 0 amide bonds. The predicted molar refractivity (Wildman–Crippen MR) is 60.4 cm³/mol. The number of nitrogens with one attached hydrogen (secondary N) is 1. The summed E-state index contributed by atoms with van der Waals surface area (Å²) >= 11 is 0. The number of sulfonamides is 1. The Morgan fingerprint density at radius 1 is 1.24 bits per heavy atom. The first kappa shape index (κ1) is 11.5. The Morgan fingerprint density at radius 3 is 2.53 bits per heavy atom. The number of H-pyrrole nitrogens is 1. The number of benzene rings is 1. The molecule has 1 aromatic heterocycles. The van der Waals surface area contributed by atoms with Gasteiger partial charge in [-0.1, -0.05) is 0 Å². The van der Waals surface area contributed by atoms with E-state index in [0.717, 1.165) is 4.72 Å². The molecule has 0 aliphatic carbocycles. The minimum atomic E-state index is -3.50. The van der Waals surface area contributed by atoms with Crippen LogP contribution in [0, 0.1) is 0 Å². The van der Waals surface area contributed by atoms with Crippen LogP contribution >= 0.6 is 0 Å². The molecule has 1 heterocycles. The van der Waals surface area contributed by atoms with Crippen molar-refractivity contribution in [1.82, 2.24) is 4.98 Å². The highest BCUT2D eigenvalue weighted by atomic mass is 32.2. The van der Waals surface area contributed by atoms with Gasteiger partial charge >= 0.3 is 16.0 Å². The molecule has 2 rings (SSSR count). The molecule has 0 radical (unpaired) electrons. The van der Waals surface area contributed by atoms with Crippen LogP contribution in [0.2, 0.25) is 0 Å². The summed E-state index contributed by atoms with van der Waals surface area (Å²) in [5, 5.41) is 0. The molecule has 0 saturated carbocycles. The van der Waals surface area contributed by atoms with Crippen molar-refractivity contribution in [2.45, 2.75) is 4.90 Å². The van der Waals surface area contributed by atoms with Gasteiger partial charge in [0.05, 0.1) is 6.20 Å². The third kappa shape index (κ3) is 2.77. The second kappa shape index (κ2) is 4.48. The number of primary sulfonamides is 1. The van der Waals surface area contributed by atoms with Crippen molar-refractivity contribution in [2.75, 3.05) is 5.73 Å². The quantitative estimate of drug-likeness (QED) is 0.688. The van der Waals surface area contributed by atoms with Crippen molar-refractivity contribution in [3.8, 4) is 0 Å². The predicted octanol–water partition coefficient (Wildman–Crippen LogP) is -0.938. The van der Waals surface area contributed by atoms with Crippen LogP contribution in [-0.4, -0.2) is 13.4 Å². The molecule has 1 aromatic carbocycles. The molecule has 88 valence electrons. The lowest BCUT2D eigenvalue weighted by atomic mass is 10.3. The van der Waals surface area contributed by atoms with Crippen molar-refractivity contribution in [3.63, 3.8) is 0 Å². The lowest BCUT2D eigenvalue weighted by Crippen LogP contribution is -2.83. The zero-order valence-electron chi connectivity index (χ0n) is 8.87. The smallest absolute Gasteiger partial charge is 0.399 e. The number of aromatic nitrogens is 2. The van der Waals surface area contributed by atoms with Gasteiger partial charge in [0.2, 0.25) is 0 Å². The number of nitrogens with two attached hydrogens (primary N) is 2. The van der Waals surface area contributed by atoms with Gasteiger partial charge in [-0.2, -0.15) is 13.4 Å². The molecule has 0 aliphatic rings. The Hall–Kier alpha value is -1.99. The van der Waals surface area contributed by atoms with Crippen molar-refractivity contribution in [2.24, 2.45) is 0 Å². The van der Waals surface area contributed by atoms with Crippen molar-refractivity contribution < 1.29 is 18.1 Å². The van der Waals surface area contributed by atoms with E-state index in [1.165, 1.54) is 18.3 Å². The van der Waals surface area contributed by atoms with Crippen LogP contribution in [0.1, 0.15) is 0 Å². The molecule has 0 aliphatic heterocycles. The Balaban J connectivity index is 2.29. The first-order valence-corrected chi connectivity index (χ1v) is 6.41. The third-order valence-electron chi connectivity index (χ3n) is 2.10. The van der Waals surface area contributed by atoms with Crippen LogP contribution in [0.4, 0.5) is 11.6 Å². The summed E-state index contributed by atoms with van der Waals surface area (Å²) in [5.74, 6) is 0.282. The number of hydrogen-bond donors (Lipinski definition) is 2. The van der Waals surface area contributed by atoms with E-state index in [9.17, 15) is 8.42 Å². The van der Waals surface area contributed by atoms with Gasteiger partial charge in [-0.3, -0.25) is 0 Å². The number of rotatable bonds is 3. The fourth-order valence-electron chi connectivity index (χ4n) is 1.27. The lowest BCUT2D eigenvalue weighted by Gasteiger charge is -1.98. The minimum absolute atomic E-state index is 0.186. The maximum Gasteiger partial charge on any atom is 0.507 e. The second-order valence-electron chi connectivity index (χ2n) is 3.40. The van der Waals surface area contributed by atoms with Crippen LogP contribution in [0.3, 0.4) is 0 Å². The Bertz CT molecular complexity index is 596. The van der Waals surface area contributed by atoms with Crippen LogP contribution in [0.15, 0.2) is 47.6 Å². The molecule has 0 fully saturated rings. The summed E-state index contributed by atoms with van der Waals surface area (Å²) in [5.41, 5.74) is 6.02. The highest BCUT2D eigenvalue weighted by Gasteiger charge is 2.23. The van der Waals surface area contributed by atoms with E-state index in [0.29, 0.717) is 5.69 Å². The fourth-order valence-corrected chi connectivity index (χ4v) is 2.35. The summed E-state index contributed by atoms with van der Waals surface area (Å²) < 4.78 is 25.0. The molecular weight excluding hydrogens is 240 g/mol. The average molecular weight is 252 g/mol. The third-order valence-corrected chi connectivity index (χ3v) is 3.57. The molecule has 0 unspecified atom stereocenters. The summed E-state index contributed by atoms with van der Waals surface area (Å²) in [7, 11) is -3.50. The Kier molecular flexibility index (Phi) is 3.03. The number of nitrogen functional groups attached to an aromatic ring is 1. The molecule has 6 nitrogen and oxygen atoms in total. The molecule has 0 atom stereocenters. The maximum absolute atomic E-state index is 12.0. The first-order chi connectivity index (χ1) is 8.08. The molecule has 7 heteroatoms. The highest BCUT2D eigenvalue weighted by Crippen LogP contribution is 2.09. The number of aromatic amines is 1. The Morgan fingerprint density at radius 2 is 1.94 bits per heavy atom. The largest absolute Gasteiger partial charge is 0.507 e. The molecule has 2 aromatic rings. The maximum atomic E-state index is 12.0. The van der Waals surface area contributed by atoms with Gasteiger partial charge in [0, 0.05) is 16.7 Å². The second-order valence-corrected chi connectivity index (χ2v) is 5.20. The van der Waals surface area contributed by atoms with Gasteiger partial charge in [0.15, 0.2) is 0 Å². The van der Waals surface area contributed by atoms with Crippen LogP contribution in [0.25, 0.3) is 0 Å². The Labute approximate surface area is 98.6 Å². The molecule has 5 N–H and O–H groups in total. The van der Waals surface area contributed by atoms with Crippen molar-refractivity contribution >= 4 is 21.7 Å². The van der Waals surface area contributed by atoms with Gasteiger partial charge in [-0.15, -0.1) is 4.72 Å². The van der Waals surface area contributed by atoms with Crippen LogP contribution < -0.4 is 15.4 Å². The first-order valence-electron chi connectivity index (χ1n) is 4.86. The number of anilines is 1. The SMILES string of the molecule is Nc1ccc(S(=O)(=O)[NH2+]c2nccc[nH+]2)cc1. The van der Waals surface area contributed by atoms with E-state index in [2.05, 4.69) is 9.97 Å². The van der Waals surface area contributed by atoms with Crippen LogP contribution in [0.5, 0.6) is 0 Å². The van der Waals surface area contributed by atoms with Gasteiger partial charge in [0.25, 0.3) is 0 Å². The van der Waals surface area contributed by atoms with Gasteiger partial charge in [-0.05, 0) is 24.3 Å². The molecule has 0 saturated heterocycles. The molecule has 0 bridgehead atoms. The summed E-state index contributed by atoms with van der Waals surface area (Å²) in [6, 6.07) is 7.69. The zero-order chi connectivity index (χ0) is 12.3. The van der Waals surface area contributed by atoms with Gasteiger partial charge < -0.3 is 5.73 Å². The minimum Gasteiger partial charge on any atom is -0.399 e. The topological polar surface area (TPSA) is 104 Å². The standard InChI is InChI=1S/C10H10N4O2S/c11-8-2-4-9(5-3-8)17(15,16)14-10-12-6-1-7-13-10/h1-7H,11H2,(H,12,13,14)/p+2. The lowest BCUT2D eigenvalue weighted by molar-refractivity contribution is -0.543. The van der Waals surface area contributed by atoms with E-state index >= 15 is 0 Å². The van der Waals surface area contributed by atoms with E-state index < -0.39 is 10.0 Å². The fraction of sp³-hybridized carbons (Fsp3) is 0. The summed E-state index contributed by atoms with van der Waals surface area (Å²) in [4.78, 5) is 6.81. The van der Waals surface area contributed by atoms with Gasteiger partial charge in [-0.25, -0.2) is 0 Å². The highest BCUT2D eigenvalue weighted by molar-refractivity contribution is 7.84.